The van der Waals surface area contributed by atoms with Crippen LogP contribution in [0.25, 0.3) is 0 Å². The molecule has 0 rings (SSSR count). The first kappa shape index (κ1) is 11.3. The molecule has 0 spiro atoms. The van der Waals surface area contributed by atoms with Crippen molar-refractivity contribution in [2.75, 3.05) is 14.1 Å². The topological polar surface area (TPSA) is 49.3 Å². The first-order valence-electron chi connectivity index (χ1n) is 2.87. The van der Waals surface area contributed by atoms with Gasteiger partial charge in [-0.25, -0.2) is 0 Å². The third kappa shape index (κ3) is 18.6. The zero-order valence-corrected chi connectivity index (χ0v) is 6.43. The van der Waals surface area contributed by atoms with Crippen LogP contribution < -0.4 is 5.32 Å². The first-order valence-corrected chi connectivity index (χ1v) is 2.87. The summed E-state index contributed by atoms with van der Waals surface area (Å²) < 4.78 is 0. The lowest BCUT2D eigenvalue weighted by Gasteiger charge is -1.89. The van der Waals surface area contributed by atoms with Gasteiger partial charge in [0.15, 0.2) is 0 Å². The Morgan fingerprint density at radius 3 is 1.56 bits per heavy atom. The quantitative estimate of drug-likeness (QED) is 0.549. The fraction of sp³-hybridized carbons (Fsp3) is 0.833. The van der Waals surface area contributed by atoms with E-state index >= 15 is 0 Å². The molecule has 3 nitrogen and oxygen atoms in total. The average molecular weight is 133 g/mol. The third-order valence-corrected chi connectivity index (χ3v) is 0.494. The fourth-order valence-corrected chi connectivity index (χ4v) is 0. The number of aliphatic carboxylic acids is 1. The number of carbonyl (C=O) groups is 1. The average Bonchev–Trinajstić information content (AvgIpc) is 1.68. The van der Waals surface area contributed by atoms with Gasteiger partial charge in [-0.3, -0.25) is 4.79 Å². The van der Waals surface area contributed by atoms with Gasteiger partial charge >= 0.3 is 5.97 Å². The minimum atomic E-state index is -0.741. The third-order valence-electron chi connectivity index (χ3n) is 0.494. The van der Waals surface area contributed by atoms with Crippen molar-refractivity contribution < 1.29 is 9.90 Å². The number of nitrogens with one attached hydrogen (secondary N) is 1. The number of carboxylic acids is 1. The normalized spacial score (nSPS) is 8.11. The van der Waals surface area contributed by atoms with Crippen LogP contribution >= 0.6 is 0 Å². The van der Waals surface area contributed by atoms with Gasteiger partial charge in [-0.05, 0) is 14.1 Å². The van der Waals surface area contributed by atoms with Crippen molar-refractivity contribution in [2.45, 2.75) is 13.8 Å². The lowest BCUT2D eigenvalue weighted by atomic mass is 10.2. The van der Waals surface area contributed by atoms with Gasteiger partial charge in [0.25, 0.3) is 0 Å². The summed E-state index contributed by atoms with van der Waals surface area (Å²) in [6.45, 7) is 3.28. The zero-order chi connectivity index (χ0) is 7.86. The molecule has 0 saturated carbocycles. The molecule has 0 aromatic heterocycles. The molecule has 0 fully saturated rings. The van der Waals surface area contributed by atoms with Crippen LogP contribution in [0, 0.1) is 5.92 Å². The summed E-state index contributed by atoms with van der Waals surface area (Å²) in [5.74, 6) is -0.972. The molecule has 56 valence electrons. The highest BCUT2D eigenvalue weighted by molar-refractivity contribution is 5.68. The van der Waals surface area contributed by atoms with E-state index in [0.717, 1.165) is 0 Å². The van der Waals surface area contributed by atoms with Crippen molar-refractivity contribution in [3.8, 4) is 0 Å². The monoisotopic (exact) mass is 133 g/mol. The predicted octanol–water partition coefficient (Wildman–Crippen LogP) is 0.563. The highest BCUT2D eigenvalue weighted by Gasteiger charge is 1.99. The molecule has 0 aromatic rings. The maximum Gasteiger partial charge on any atom is 0.305 e. The van der Waals surface area contributed by atoms with E-state index < -0.39 is 5.97 Å². The molecular weight excluding hydrogens is 118 g/mol. The molecule has 0 aromatic carbocycles. The van der Waals surface area contributed by atoms with Crippen molar-refractivity contribution in [2.24, 2.45) is 5.92 Å². The van der Waals surface area contributed by atoms with E-state index in [9.17, 15) is 4.79 Å². The standard InChI is InChI=1S/C4H8O2.C2H7N/c1-3(2)4(5)6;1-3-2/h3H,1-2H3,(H,5,6);3H,1-2H3. The highest BCUT2D eigenvalue weighted by Crippen LogP contribution is 1.87. The summed E-state index contributed by atoms with van der Waals surface area (Å²) in [5, 5.41) is 10.7. The fourth-order valence-electron chi connectivity index (χ4n) is 0. The molecule has 9 heavy (non-hydrogen) atoms. The van der Waals surface area contributed by atoms with Crippen LogP contribution in [-0.2, 0) is 4.79 Å². The van der Waals surface area contributed by atoms with Crippen LogP contribution in [-0.4, -0.2) is 25.2 Å². The molecule has 0 unspecified atom stereocenters. The lowest BCUT2D eigenvalue weighted by molar-refractivity contribution is -0.140. The van der Waals surface area contributed by atoms with Gasteiger partial charge in [0.2, 0.25) is 0 Å². The molecule has 0 amide bonds. The Labute approximate surface area is 56.1 Å². The molecule has 0 heterocycles. The van der Waals surface area contributed by atoms with E-state index in [1.807, 2.05) is 14.1 Å². The van der Waals surface area contributed by atoms with Crippen molar-refractivity contribution in [3.63, 3.8) is 0 Å². The Balaban J connectivity index is 0. The van der Waals surface area contributed by atoms with Gasteiger partial charge in [0.05, 0.1) is 5.92 Å². The van der Waals surface area contributed by atoms with Gasteiger partial charge in [-0.15, -0.1) is 0 Å². The van der Waals surface area contributed by atoms with Gasteiger partial charge in [-0.2, -0.15) is 0 Å². The Morgan fingerprint density at radius 2 is 1.56 bits per heavy atom. The van der Waals surface area contributed by atoms with Crippen LogP contribution in [0.4, 0.5) is 0 Å². The van der Waals surface area contributed by atoms with Crippen molar-refractivity contribution in [3.05, 3.63) is 0 Å². The molecule has 0 radical (unpaired) electrons. The van der Waals surface area contributed by atoms with Crippen molar-refractivity contribution >= 4 is 5.97 Å². The molecule has 0 atom stereocenters. The molecule has 0 aliphatic carbocycles. The minimum Gasteiger partial charge on any atom is -0.481 e. The second-order valence-corrected chi connectivity index (χ2v) is 1.99. The lowest BCUT2D eigenvalue weighted by Crippen LogP contribution is -2.03. The first-order chi connectivity index (χ1) is 4.06. The summed E-state index contributed by atoms with van der Waals surface area (Å²) in [5.41, 5.74) is 0. The molecule has 0 aliphatic heterocycles. The number of hydrogen-bond acceptors (Lipinski definition) is 2. The van der Waals surface area contributed by atoms with Crippen LogP contribution in [0.5, 0.6) is 0 Å². The summed E-state index contributed by atoms with van der Waals surface area (Å²) in [4.78, 5) is 9.70. The number of carboxylic acid groups (broad SMARTS) is 1. The van der Waals surface area contributed by atoms with Gasteiger partial charge in [-0.1, -0.05) is 13.8 Å². The van der Waals surface area contributed by atoms with Crippen molar-refractivity contribution in [1.29, 1.82) is 0 Å². The number of rotatable bonds is 1. The molecule has 2 N–H and O–H groups in total. The van der Waals surface area contributed by atoms with E-state index in [2.05, 4.69) is 5.32 Å². The van der Waals surface area contributed by atoms with Crippen molar-refractivity contribution in [1.82, 2.24) is 5.32 Å². The molecule has 0 saturated heterocycles. The summed E-state index contributed by atoms with van der Waals surface area (Å²) >= 11 is 0. The van der Waals surface area contributed by atoms with Gasteiger partial charge in [0.1, 0.15) is 0 Å². The van der Waals surface area contributed by atoms with Crippen LogP contribution in [0.3, 0.4) is 0 Å². The van der Waals surface area contributed by atoms with E-state index in [1.165, 1.54) is 0 Å². The van der Waals surface area contributed by atoms with Crippen LogP contribution in [0.2, 0.25) is 0 Å². The second-order valence-electron chi connectivity index (χ2n) is 1.99. The van der Waals surface area contributed by atoms with Crippen LogP contribution in [0.1, 0.15) is 13.8 Å². The number of hydrogen-bond donors (Lipinski definition) is 2. The maximum absolute atomic E-state index is 9.70. The summed E-state index contributed by atoms with van der Waals surface area (Å²) in [6.07, 6.45) is 0. The Kier molecular flexibility index (Phi) is 9.29. The summed E-state index contributed by atoms with van der Waals surface area (Å²) in [6, 6.07) is 0. The Bertz CT molecular complexity index is 71.5. The summed E-state index contributed by atoms with van der Waals surface area (Å²) in [7, 11) is 3.75. The molecule has 0 bridgehead atoms. The van der Waals surface area contributed by atoms with E-state index in [4.69, 9.17) is 5.11 Å². The SMILES string of the molecule is CC(C)C(=O)O.CNC. The Morgan fingerprint density at radius 1 is 1.44 bits per heavy atom. The van der Waals surface area contributed by atoms with Gasteiger partial charge in [0, 0.05) is 0 Å². The van der Waals surface area contributed by atoms with E-state index in [1.54, 1.807) is 13.8 Å². The molecule has 0 aliphatic rings. The largest absolute Gasteiger partial charge is 0.481 e. The van der Waals surface area contributed by atoms with E-state index in [-0.39, 0.29) is 5.92 Å². The zero-order valence-electron chi connectivity index (χ0n) is 6.43. The maximum atomic E-state index is 9.70. The Hall–Kier alpha value is -0.570. The predicted molar refractivity (Wildman–Crippen MR) is 37.5 cm³/mol. The van der Waals surface area contributed by atoms with E-state index in [0.29, 0.717) is 0 Å². The molecule has 3 heteroatoms. The van der Waals surface area contributed by atoms with Crippen LogP contribution in [0.15, 0.2) is 0 Å². The smallest absolute Gasteiger partial charge is 0.305 e. The minimum absolute atomic E-state index is 0.231. The highest BCUT2D eigenvalue weighted by atomic mass is 16.4. The van der Waals surface area contributed by atoms with Gasteiger partial charge < -0.3 is 10.4 Å². The second kappa shape index (κ2) is 7.43. The molecular formula is C6H15NO2.